The van der Waals surface area contributed by atoms with E-state index in [9.17, 15) is 28.3 Å². The minimum atomic E-state index is -4.67. The van der Waals surface area contributed by atoms with Crippen LogP contribution in [0.2, 0.25) is 0 Å². The molecule has 0 aliphatic carbocycles. The van der Waals surface area contributed by atoms with Crippen LogP contribution in [0.4, 0.5) is 11.4 Å². The molecular formula is C20H14N2O6S. The molecule has 0 aromatic heterocycles. The van der Waals surface area contributed by atoms with Gasteiger partial charge in [-0.3, -0.25) is 4.55 Å². The summed E-state index contributed by atoms with van der Waals surface area (Å²) in [6.07, 6.45) is 0. The molecule has 0 heterocycles. The van der Waals surface area contributed by atoms with Crippen LogP contribution in [-0.2, 0) is 10.1 Å². The van der Waals surface area contributed by atoms with Gasteiger partial charge in [0.1, 0.15) is 33.5 Å². The Morgan fingerprint density at radius 1 is 0.690 bits per heavy atom. The first-order chi connectivity index (χ1) is 13.8. The van der Waals surface area contributed by atoms with Crippen molar-refractivity contribution in [1.29, 1.82) is 0 Å². The third-order valence-corrected chi connectivity index (χ3v) is 5.33. The number of phenolic OH excluding ortho intramolecular Hbond substituents is 3. The summed E-state index contributed by atoms with van der Waals surface area (Å²) in [6.45, 7) is 0. The number of nitrogens with zero attached hydrogens (tertiary/aromatic N) is 2. The molecule has 4 N–H and O–H groups in total. The molecular weight excluding hydrogens is 396 g/mol. The highest BCUT2D eigenvalue weighted by Crippen LogP contribution is 2.42. The summed E-state index contributed by atoms with van der Waals surface area (Å²) >= 11 is 0. The minimum absolute atomic E-state index is 0.0404. The quantitative estimate of drug-likeness (QED) is 0.283. The zero-order valence-corrected chi connectivity index (χ0v) is 15.5. The normalized spacial score (nSPS) is 12.2. The van der Waals surface area contributed by atoms with Gasteiger partial charge in [-0.1, -0.05) is 30.3 Å². The van der Waals surface area contributed by atoms with Gasteiger partial charge in [0.05, 0.1) is 0 Å². The number of azo groups is 1. The standard InChI is InChI=1S/C20H14N2O6S/c23-12-6-7-14-15(9-12)18(29(26,27)28)10-17(25)20(14)22-21-19-13-4-2-1-3-11(13)5-8-16(19)24/h1-10,23-25H,(H,26,27,28). The summed E-state index contributed by atoms with van der Waals surface area (Å²) in [5, 5.41) is 39.9. The van der Waals surface area contributed by atoms with Gasteiger partial charge in [-0.2, -0.15) is 8.42 Å². The fourth-order valence-electron chi connectivity index (χ4n) is 3.12. The molecule has 4 aromatic rings. The van der Waals surface area contributed by atoms with Crippen molar-refractivity contribution in [2.24, 2.45) is 10.2 Å². The van der Waals surface area contributed by atoms with Crippen molar-refractivity contribution in [2.45, 2.75) is 4.90 Å². The zero-order chi connectivity index (χ0) is 20.8. The molecule has 0 bridgehead atoms. The van der Waals surface area contributed by atoms with E-state index in [0.717, 1.165) is 17.5 Å². The van der Waals surface area contributed by atoms with Crippen LogP contribution in [0.25, 0.3) is 21.5 Å². The lowest BCUT2D eigenvalue weighted by Crippen LogP contribution is -1.99. The van der Waals surface area contributed by atoms with Gasteiger partial charge in [-0.05, 0) is 29.7 Å². The Hall–Kier alpha value is -3.69. The molecule has 0 atom stereocenters. The minimum Gasteiger partial charge on any atom is -0.508 e. The van der Waals surface area contributed by atoms with Gasteiger partial charge >= 0.3 is 0 Å². The second kappa shape index (κ2) is 6.73. The number of hydrogen-bond acceptors (Lipinski definition) is 7. The van der Waals surface area contributed by atoms with Crippen molar-refractivity contribution in [2.75, 3.05) is 0 Å². The second-order valence-electron chi connectivity index (χ2n) is 6.30. The van der Waals surface area contributed by atoms with Crippen LogP contribution in [0.1, 0.15) is 0 Å². The third-order valence-electron chi connectivity index (χ3n) is 4.44. The topological polar surface area (TPSA) is 140 Å². The van der Waals surface area contributed by atoms with Crippen LogP contribution >= 0.6 is 0 Å². The predicted octanol–water partition coefficient (Wildman–Crippen LogP) is 4.77. The van der Waals surface area contributed by atoms with E-state index in [0.29, 0.717) is 5.39 Å². The van der Waals surface area contributed by atoms with Crippen molar-refractivity contribution >= 4 is 43.0 Å². The molecule has 29 heavy (non-hydrogen) atoms. The van der Waals surface area contributed by atoms with Crippen LogP contribution < -0.4 is 0 Å². The van der Waals surface area contributed by atoms with Gasteiger partial charge < -0.3 is 15.3 Å². The van der Waals surface area contributed by atoms with Crippen molar-refractivity contribution < 1.29 is 28.3 Å². The van der Waals surface area contributed by atoms with E-state index in [2.05, 4.69) is 10.2 Å². The molecule has 0 amide bonds. The van der Waals surface area contributed by atoms with E-state index in [-0.39, 0.29) is 33.6 Å². The van der Waals surface area contributed by atoms with E-state index in [1.165, 1.54) is 18.2 Å². The monoisotopic (exact) mass is 410 g/mol. The maximum Gasteiger partial charge on any atom is 0.295 e. The largest absolute Gasteiger partial charge is 0.508 e. The van der Waals surface area contributed by atoms with E-state index in [1.54, 1.807) is 18.2 Å². The number of hydrogen-bond donors (Lipinski definition) is 4. The van der Waals surface area contributed by atoms with Crippen molar-refractivity contribution in [3.05, 3.63) is 60.7 Å². The molecule has 0 saturated heterocycles. The van der Waals surface area contributed by atoms with Gasteiger partial charge in [0.25, 0.3) is 10.1 Å². The molecule has 4 aromatic carbocycles. The maximum atomic E-state index is 11.7. The Bertz CT molecular complexity index is 1410. The first-order valence-corrected chi connectivity index (χ1v) is 9.78. The van der Waals surface area contributed by atoms with Gasteiger partial charge in [-0.25, -0.2) is 0 Å². The highest BCUT2D eigenvalue weighted by Gasteiger charge is 2.20. The van der Waals surface area contributed by atoms with Crippen LogP contribution in [-0.4, -0.2) is 28.3 Å². The highest BCUT2D eigenvalue weighted by atomic mass is 32.2. The van der Waals surface area contributed by atoms with E-state index >= 15 is 0 Å². The lowest BCUT2D eigenvalue weighted by atomic mass is 10.1. The Morgan fingerprint density at radius 2 is 1.38 bits per heavy atom. The van der Waals surface area contributed by atoms with E-state index in [4.69, 9.17) is 0 Å². The first kappa shape index (κ1) is 18.7. The molecule has 0 fully saturated rings. The fraction of sp³-hybridized carbons (Fsp3) is 0. The lowest BCUT2D eigenvalue weighted by Gasteiger charge is -2.09. The highest BCUT2D eigenvalue weighted by molar-refractivity contribution is 7.86. The number of aromatic hydroxyl groups is 3. The van der Waals surface area contributed by atoms with E-state index < -0.39 is 20.8 Å². The SMILES string of the molecule is O=S(=O)(O)c1cc(O)c(N=Nc2c(O)ccc3ccccc23)c2ccc(O)cc12. The van der Waals surface area contributed by atoms with Crippen molar-refractivity contribution in [3.8, 4) is 17.2 Å². The van der Waals surface area contributed by atoms with Gasteiger partial charge in [0.2, 0.25) is 0 Å². The Balaban J connectivity index is 1.97. The van der Waals surface area contributed by atoms with Crippen LogP contribution in [0, 0.1) is 0 Å². The maximum absolute atomic E-state index is 11.7. The van der Waals surface area contributed by atoms with Crippen LogP contribution in [0.5, 0.6) is 17.2 Å². The van der Waals surface area contributed by atoms with Gasteiger partial charge in [-0.15, -0.1) is 10.2 Å². The number of benzene rings is 4. The summed E-state index contributed by atoms with van der Waals surface area (Å²) < 4.78 is 32.8. The predicted molar refractivity (Wildman–Crippen MR) is 107 cm³/mol. The smallest absolute Gasteiger partial charge is 0.295 e. The lowest BCUT2D eigenvalue weighted by molar-refractivity contribution is 0.467. The molecule has 8 nitrogen and oxygen atoms in total. The van der Waals surface area contributed by atoms with Gasteiger partial charge in [0, 0.05) is 22.2 Å². The number of rotatable bonds is 3. The van der Waals surface area contributed by atoms with Crippen molar-refractivity contribution in [1.82, 2.24) is 0 Å². The molecule has 146 valence electrons. The molecule has 0 unspecified atom stereocenters. The molecule has 0 saturated carbocycles. The summed E-state index contributed by atoms with van der Waals surface area (Å²) in [5.74, 6) is -0.898. The third kappa shape index (κ3) is 3.33. The Labute approximate surface area is 164 Å². The Kier molecular flexibility index (Phi) is 4.33. The van der Waals surface area contributed by atoms with Crippen molar-refractivity contribution in [3.63, 3.8) is 0 Å². The average Bonchev–Trinajstić information content (AvgIpc) is 2.67. The Morgan fingerprint density at radius 3 is 2.10 bits per heavy atom. The summed E-state index contributed by atoms with van der Waals surface area (Å²) in [7, 11) is -4.67. The molecule has 0 aliphatic heterocycles. The summed E-state index contributed by atoms with van der Waals surface area (Å²) in [6, 6.07) is 15.0. The summed E-state index contributed by atoms with van der Waals surface area (Å²) in [5.41, 5.74) is 0.0908. The molecule has 0 radical (unpaired) electrons. The fourth-order valence-corrected chi connectivity index (χ4v) is 3.83. The zero-order valence-electron chi connectivity index (χ0n) is 14.7. The van der Waals surface area contributed by atoms with Crippen LogP contribution in [0.15, 0.2) is 75.8 Å². The average molecular weight is 410 g/mol. The first-order valence-electron chi connectivity index (χ1n) is 8.34. The second-order valence-corrected chi connectivity index (χ2v) is 7.69. The van der Waals surface area contributed by atoms with Crippen LogP contribution in [0.3, 0.4) is 0 Å². The van der Waals surface area contributed by atoms with E-state index in [1.807, 2.05) is 12.1 Å². The molecule has 4 rings (SSSR count). The van der Waals surface area contributed by atoms with Gasteiger partial charge in [0.15, 0.2) is 0 Å². The number of phenols is 3. The molecule has 0 aliphatic rings. The number of fused-ring (bicyclic) bond motifs is 2. The summed E-state index contributed by atoms with van der Waals surface area (Å²) in [4.78, 5) is -0.576. The molecule has 9 heteroatoms. The molecule has 0 spiro atoms.